The van der Waals surface area contributed by atoms with E-state index in [0.717, 1.165) is 25.1 Å². The highest BCUT2D eigenvalue weighted by Gasteiger charge is 2.13. The van der Waals surface area contributed by atoms with E-state index in [2.05, 4.69) is 21.3 Å². The number of nitrogens with one attached hydrogen (secondary N) is 4. The molecule has 1 unspecified atom stereocenters. The van der Waals surface area contributed by atoms with Crippen molar-refractivity contribution in [3.63, 3.8) is 0 Å². The predicted molar refractivity (Wildman–Crippen MR) is 116 cm³/mol. The first-order valence-electron chi connectivity index (χ1n) is 10.1. The van der Waals surface area contributed by atoms with Crippen molar-refractivity contribution >= 4 is 23.3 Å². The molecule has 0 spiro atoms. The van der Waals surface area contributed by atoms with Crippen LogP contribution in [0.3, 0.4) is 0 Å². The molecule has 7 nitrogen and oxygen atoms in total. The van der Waals surface area contributed by atoms with Crippen LogP contribution in [0.1, 0.15) is 35.2 Å². The smallest absolute Gasteiger partial charge is 0.319 e. The summed E-state index contributed by atoms with van der Waals surface area (Å²) in [7, 11) is 0. The highest BCUT2D eigenvalue weighted by Crippen LogP contribution is 2.13. The van der Waals surface area contributed by atoms with Crippen molar-refractivity contribution in [1.29, 1.82) is 0 Å². The molecule has 0 radical (unpaired) electrons. The summed E-state index contributed by atoms with van der Waals surface area (Å²) in [6.07, 6.45) is 3.42. The third kappa shape index (κ3) is 6.80. The number of hydrogen-bond donors (Lipinski definition) is 5. The molecular weight excluding hydrogens is 366 g/mol. The van der Waals surface area contributed by atoms with Gasteiger partial charge in [-0.2, -0.15) is 0 Å². The Hall–Kier alpha value is -3.06. The van der Waals surface area contributed by atoms with Gasteiger partial charge in [-0.05, 0) is 80.2 Å². The van der Waals surface area contributed by atoms with Crippen LogP contribution in [0.4, 0.5) is 16.2 Å². The van der Waals surface area contributed by atoms with Gasteiger partial charge in [0.15, 0.2) is 0 Å². The second-order valence-electron chi connectivity index (χ2n) is 7.39. The Morgan fingerprint density at radius 1 is 1.10 bits per heavy atom. The summed E-state index contributed by atoms with van der Waals surface area (Å²) in [6, 6.07) is 13.9. The van der Waals surface area contributed by atoms with E-state index in [-0.39, 0.29) is 11.9 Å². The van der Waals surface area contributed by atoms with Gasteiger partial charge in [0, 0.05) is 30.0 Å². The minimum absolute atomic E-state index is 0.0815. The molecule has 3 amide bonds. The second kappa shape index (κ2) is 10.5. The van der Waals surface area contributed by atoms with Crippen molar-refractivity contribution in [2.75, 3.05) is 30.7 Å². The number of carbonyl (C=O) groups is 2. The fourth-order valence-electron chi connectivity index (χ4n) is 3.41. The lowest BCUT2D eigenvalue weighted by molar-refractivity contribution is 0.0950. The van der Waals surface area contributed by atoms with Crippen molar-refractivity contribution < 1.29 is 9.59 Å². The molecule has 1 aliphatic rings. The van der Waals surface area contributed by atoms with Crippen LogP contribution in [0.2, 0.25) is 0 Å². The molecule has 0 bridgehead atoms. The molecule has 1 atom stereocenters. The van der Waals surface area contributed by atoms with Gasteiger partial charge in [0.25, 0.3) is 5.91 Å². The molecule has 0 saturated carbocycles. The Morgan fingerprint density at radius 3 is 2.69 bits per heavy atom. The number of amides is 3. The standard InChI is InChI=1S/C22H29N5O2/c23-19-6-8-20(9-7-19)27-22(29)26-15-17-3-1-5-18(13-17)21(28)25-12-10-16-4-2-11-24-14-16/h1,3,5-9,13,16,24H,2,4,10-12,14-15,23H2,(H,25,28)(H2,26,27,29). The number of carbonyl (C=O) groups excluding carboxylic acids is 2. The fourth-order valence-corrected chi connectivity index (χ4v) is 3.41. The van der Waals surface area contributed by atoms with E-state index in [0.29, 0.717) is 35.9 Å². The minimum atomic E-state index is -0.314. The number of nitrogens with two attached hydrogens (primary N) is 1. The summed E-state index contributed by atoms with van der Waals surface area (Å²) in [5, 5.41) is 11.9. The molecule has 7 heteroatoms. The summed E-state index contributed by atoms with van der Waals surface area (Å²) in [4.78, 5) is 24.5. The molecule has 29 heavy (non-hydrogen) atoms. The zero-order valence-electron chi connectivity index (χ0n) is 16.5. The van der Waals surface area contributed by atoms with E-state index in [4.69, 9.17) is 5.73 Å². The molecule has 3 rings (SSSR count). The fraction of sp³-hybridized carbons (Fsp3) is 0.364. The largest absolute Gasteiger partial charge is 0.399 e. The van der Waals surface area contributed by atoms with Gasteiger partial charge in [-0.3, -0.25) is 4.79 Å². The first-order chi connectivity index (χ1) is 14.1. The topological polar surface area (TPSA) is 108 Å². The Labute approximate surface area is 171 Å². The zero-order valence-corrected chi connectivity index (χ0v) is 16.5. The van der Waals surface area contributed by atoms with E-state index >= 15 is 0 Å². The van der Waals surface area contributed by atoms with Gasteiger partial charge in [-0.15, -0.1) is 0 Å². The van der Waals surface area contributed by atoms with Gasteiger partial charge in [0.05, 0.1) is 0 Å². The number of piperidine rings is 1. The molecule has 1 heterocycles. The molecular formula is C22H29N5O2. The van der Waals surface area contributed by atoms with Gasteiger partial charge in [0.1, 0.15) is 0 Å². The van der Waals surface area contributed by atoms with Crippen LogP contribution < -0.4 is 27.0 Å². The normalized spacial score (nSPS) is 16.1. The zero-order chi connectivity index (χ0) is 20.5. The number of hydrogen-bond acceptors (Lipinski definition) is 4. The van der Waals surface area contributed by atoms with Crippen molar-refractivity contribution in [2.45, 2.75) is 25.8 Å². The molecule has 0 aromatic heterocycles. The number of nitrogen functional groups attached to an aromatic ring is 1. The van der Waals surface area contributed by atoms with Crippen LogP contribution in [-0.2, 0) is 6.54 Å². The first-order valence-corrected chi connectivity index (χ1v) is 10.1. The Balaban J connectivity index is 1.43. The van der Waals surface area contributed by atoms with Crippen LogP contribution in [0.15, 0.2) is 48.5 Å². The Bertz CT molecular complexity index is 816. The van der Waals surface area contributed by atoms with Gasteiger partial charge in [-0.25, -0.2) is 4.79 Å². The Morgan fingerprint density at radius 2 is 1.93 bits per heavy atom. The average molecular weight is 396 g/mol. The first kappa shape index (κ1) is 20.7. The maximum absolute atomic E-state index is 12.4. The monoisotopic (exact) mass is 395 g/mol. The summed E-state index contributed by atoms with van der Waals surface area (Å²) in [6.45, 7) is 3.14. The average Bonchev–Trinajstić information content (AvgIpc) is 2.75. The maximum Gasteiger partial charge on any atom is 0.319 e. The molecule has 154 valence electrons. The predicted octanol–water partition coefficient (Wildman–Crippen LogP) is 2.71. The molecule has 0 aliphatic carbocycles. The quantitative estimate of drug-likeness (QED) is 0.465. The van der Waals surface area contributed by atoms with Crippen LogP contribution in [0, 0.1) is 5.92 Å². The molecule has 6 N–H and O–H groups in total. The van der Waals surface area contributed by atoms with E-state index in [9.17, 15) is 9.59 Å². The minimum Gasteiger partial charge on any atom is -0.399 e. The van der Waals surface area contributed by atoms with Gasteiger partial charge < -0.3 is 27.0 Å². The third-order valence-corrected chi connectivity index (χ3v) is 5.05. The highest BCUT2D eigenvalue weighted by molar-refractivity contribution is 5.94. The van der Waals surface area contributed by atoms with Gasteiger partial charge >= 0.3 is 6.03 Å². The van der Waals surface area contributed by atoms with E-state index in [1.54, 1.807) is 36.4 Å². The van der Waals surface area contributed by atoms with Crippen LogP contribution in [0.25, 0.3) is 0 Å². The summed E-state index contributed by atoms with van der Waals surface area (Å²) in [5.41, 5.74) is 8.40. The lowest BCUT2D eigenvalue weighted by Crippen LogP contribution is -2.33. The van der Waals surface area contributed by atoms with Gasteiger partial charge in [0.2, 0.25) is 0 Å². The lowest BCUT2D eigenvalue weighted by Gasteiger charge is -2.22. The van der Waals surface area contributed by atoms with E-state index in [1.807, 2.05) is 12.1 Å². The molecule has 2 aromatic carbocycles. The highest BCUT2D eigenvalue weighted by atomic mass is 16.2. The summed E-state index contributed by atoms with van der Waals surface area (Å²) < 4.78 is 0. The molecule has 2 aromatic rings. The van der Waals surface area contributed by atoms with Crippen molar-refractivity contribution in [1.82, 2.24) is 16.0 Å². The summed E-state index contributed by atoms with van der Waals surface area (Å²) in [5.74, 6) is 0.557. The van der Waals surface area contributed by atoms with Crippen molar-refractivity contribution in [2.24, 2.45) is 5.92 Å². The van der Waals surface area contributed by atoms with Crippen LogP contribution >= 0.6 is 0 Å². The molecule has 1 aliphatic heterocycles. The third-order valence-electron chi connectivity index (χ3n) is 5.05. The number of rotatable bonds is 7. The van der Waals surface area contributed by atoms with E-state index in [1.165, 1.54) is 12.8 Å². The van der Waals surface area contributed by atoms with Crippen molar-refractivity contribution in [3.05, 3.63) is 59.7 Å². The SMILES string of the molecule is Nc1ccc(NC(=O)NCc2cccc(C(=O)NCCC3CCCNC3)c2)cc1. The number of benzene rings is 2. The number of urea groups is 1. The second-order valence-corrected chi connectivity index (χ2v) is 7.39. The number of anilines is 2. The Kier molecular flexibility index (Phi) is 7.47. The van der Waals surface area contributed by atoms with Crippen molar-refractivity contribution in [3.8, 4) is 0 Å². The van der Waals surface area contributed by atoms with Crippen LogP contribution in [-0.4, -0.2) is 31.6 Å². The molecule has 1 fully saturated rings. The van der Waals surface area contributed by atoms with Crippen LogP contribution in [0.5, 0.6) is 0 Å². The molecule has 1 saturated heterocycles. The van der Waals surface area contributed by atoms with Gasteiger partial charge in [-0.1, -0.05) is 12.1 Å². The lowest BCUT2D eigenvalue weighted by atomic mass is 9.96. The van der Waals surface area contributed by atoms with E-state index < -0.39 is 0 Å². The maximum atomic E-state index is 12.4. The summed E-state index contributed by atoms with van der Waals surface area (Å²) >= 11 is 0.